The number of carbonyl (C=O) groups excluding carboxylic acids is 3. The summed E-state index contributed by atoms with van der Waals surface area (Å²) in [5.74, 6) is 0.0333. The van der Waals surface area contributed by atoms with Gasteiger partial charge in [0.05, 0.1) is 23.4 Å². The molecule has 0 bridgehead atoms. The minimum Gasteiger partial charge on any atom is -0.494 e. The molecule has 1 fully saturated rings. The molecule has 0 radical (unpaired) electrons. The Bertz CT molecular complexity index is 1680. The summed E-state index contributed by atoms with van der Waals surface area (Å²) < 4.78 is 18.3. The Hall–Kier alpha value is -4.63. The SMILES string of the molecule is CCCOc1ccc(N2C(=O)NC(=O)/C(=C/c3cc(Br)c(OCc4cccc5ccccc45)c(OCC)c3)C2=O)cc1. The number of carbonyl (C=O) groups is 3. The van der Waals surface area contributed by atoms with Gasteiger partial charge in [-0.1, -0.05) is 49.4 Å². The highest BCUT2D eigenvalue weighted by Gasteiger charge is 2.37. The van der Waals surface area contributed by atoms with E-state index in [0.29, 0.717) is 52.8 Å². The van der Waals surface area contributed by atoms with Gasteiger partial charge in [0.2, 0.25) is 0 Å². The molecule has 0 unspecified atom stereocenters. The first kappa shape index (κ1) is 28.9. The molecular weight excluding hydrogens is 600 g/mol. The van der Waals surface area contributed by atoms with Crippen molar-refractivity contribution in [2.75, 3.05) is 18.1 Å². The number of anilines is 1. The largest absolute Gasteiger partial charge is 0.494 e. The fourth-order valence-electron chi connectivity index (χ4n) is 4.61. The van der Waals surface area contributed by atoms with E-state index in [9.17, 15) is 14.4 Å². The Balaban J connectivity index is 1.42. The highest BCUT2D eigenvalue weighted by molar-refractivity contribution is 9.10. The normalized spacial score (nSPS) is 14.3. The first-order chi connectivity index (χ1) is 20.4. The van der Waals surface area contributed by atoms with Crippen LogP contribution in [0, 0.1) is 0 Å². The number of benzene rings is 4. The van der Waals surface area contributed by atoms with Crippen LogP contribution in [-0.4, -0.2) is 31.1 Å². The van der Waals surface area contributed by atoms with Crippen LogP contribution in [0.5, 0.6) is 17.2 Å². The van der Waals surface area contributed by atoms with Gasteiger partial charge in [0.15, 0.2) is 11.5 Å². The lowest BCUT2D eigenvalue weighted by molar-refractivity contribution is -0.122. The highest BCUT2D eigenvalue weighted by atomic mass is 79.9. The maximum Gasteiger partial charge on any atom is 0.335 e. The number of urea groups is 1. The van der Waals surface area contributed by atoms with Crippen molar-refractivity contribution in [1.29, 1.82) is 0 Å². The van der Waals surface area contributed by atoms with E-state index in [-0.39, 0.29) is 5.57 Å². The molecule has 1 aliphatic heterocycles. The van der Waals surface area contributed by atoms with Crippen molar-refractivity contribution in [3.05, 3.63) is 100 Å². The minimum atomic E-state index is -0.822. The molecule has 5 rings (SSSR count). The van der Waals surface area contributed by atoms with Crippen LogP contribution in [0.2, 0.25) is 0 Å². The monoisotopic (exact) mass is 628 g/mol. The summed E-state index contributed by atoms with van der Waals surface area (Å²) in [6.07, 6.45) is 2.28. The van der Waals surface area contributed by atoms with Gasteiger partial charge in [0.1, 0.15) is 17.9 Å². The molecule has 4 aromatic rings. The van der Waals surface area contributed by atoms with E-state index in [2.05, 4.69) is 39.4 Å². The second-order valence-corrected chi connectivity index (χ2v) is 10.3. The van der Waals surface area contributed by atoms with Gasteiger partial charge in [-0.05, 0) is 93.6 Å². The van der Waals surface area contributed by atoms with Crippen molar-refractivity contribution in [2.24, 2.45) is 0 Å². The van der Waals surface area contributed by atoms with E-state index in [1.165, 1.54) is 6.08 Å². The lowest BCUT2D eigenvalue weighted by atomic mass is 10.1. The van der Waals surface area contributed by atoms with Crippen molar-refractivity contribution in [2.45, 2.75) is 26.9 Å². The second-order valence-electron chi connectivity index (χ2n) is 9.49. The summed E-state index contributed by atoms with van der Waals surface area (Å²) in [5, 5.41) is 4.47. The summed E-state index contributed by atoms with van der Waals surface area (Å²) in [5.41, 5.74) is 1.65. The van der Waals surface area contributed by atoms with Gasteiger partial charge < -0.3 is 14.2 Å². The zero-order valence-corrected chi connectivity index (χ0v) is 24.8. The molecule has 1 heterocycles. The Morgan fingerprint density at radius 3 is 2.40 bits per heavy atom. The molecule has 1 N–H and O–H groups in total. The van der Waals surface area contributed by atoms with Crippen LogP contribution < -0.4 is 24.4 Å². The zero-order chi connectivity index (χ0) is 29.6. The van der Waals surface area contributed by atoms with Gasteiger partial charge in [-0.25, -0.2) is 9.69 Å². The number of hydrogen-bond donors (Lipinski definition) is 1. The van der Waals surface area contributed by atoms with Gasteiger partial charge in [0, 0.05) is 0 Å². The van der Waals surface area contributed by atoms with Crippen molar-refractivity contribution in [3.8, 4) is 17.2 Å². The first-order valence-corrected chi connectivity index (χ1v) is 14.4. The maximum absolute atomic E-state index is 13.4. The van der Waals surface area contributed by atoms with Crippen molar-refractivity contribution < 1.29 is 28.6 Å². The number of imide groups is 2. The Labute approximate surface area is 252 Å². The predicted molar refractivity (Wildman–Crippen MR) is 165 cm³/mol. The van der Waals surface area contributed by atoms with Gasteiger partial charge in [0.25, 0.3) is 11.8 Å². The summed E-state index contributed by atoms with van der Waals surface area (Å²) in [4.78, 5) is 39.8. The standard InChI is InChI=1S/C33H29BrN2O6/c1-3-16-41-25-14-12-24(13-15-25)36-32(38)27(31(37)35-33(36)39)17-21-18-28(34)30(29(19-21)40-4-2)42-20-23-10-7-9-22-8-5-6-11-26(22)23/h5-15,17-19H,3-4,16,20H2,1-2H3,(H,35,37,39)/b27-17-. The molecular formula is C33H29BrN2O6. The average Bonchev–Trinajstić information content (AvgIpc) is 2.98. The minimum absolute atomic E-state index is 0.195. The van der Waals surface area contributed by atoms with Crippen molar-refractivity contribution >= 4 is 56.3 Å². The summed E-state index contributed by atoms with van der Waals surface area (Å²) in [6.45, 7) is 5.08. The molecule has 214 valence electrons. The fourth-order valence-corrected chi connectivity index (χ4v) is 5.19. The molecule has 4 aromatic carbocycles. The number of halogens is 1. The van der Waals surface area contributed by atoms with Crippen molar-refractivity contribution in [1.82, 2.24) is 5.32 Å². The summed E-state index contributed by atoms with van der Waals surface area (Å²) in [6, 6.07) is 23.3. The van der Waals surface area contributed by atoms with E-state index in [4.69, 9.17) is 14.2 Å². The Kier molecular flexibility index (Phi) is 8.88. The number of hydrogen-bond acceptors (Lipinski definition) is 6. The second kappa shape index (κ2) is 12.9. The first-order valence-electron chi connectivity index (χ1n) is 13.6. The van der Waals surface area contributed by atoms with Gasteiger partial charge in [-0.2, -0.15) is 0 Å². The molecule has 0 aromatic heterocycles. The van der Waals surface area contributed by atoms with E-state index >= 15 is 0 Å². The summed E-state index contributed by atoms with van der Waals surface area (Å²) >= 11 is 3.57. The molecule has 0 saturated carbocycles. The van der Waals surface area contributed by atoms with E-state index in [1.54, 1.807) is 36.4 Å². The number of nitrogens with one attached hydrogen (secondary N) is 1. The van der Waals surface area contributed by atoms with Gasteiger partial charge >= 0.3 is 6.03 Å². The van der Waals surface area contributed by atoms with E-state index < -0.39 is 17.8 Å². The van der Waals surface area contributed by atoms with Crippen molar-refractivity contribution in [3.63, 3.8) is 0 Å². The van der Waals surface area contributed by atoms with Gasteiger partial charge in [-0.15, -0.1) is 0 Å². The zero-order valence-electron chi connectivity index (χ0n) is 23.2. The molecule has 9 heteroatoms. The van der Waals surface area contributed by atoms with Crippen LogP contribution in [0.3, 0.4) is 0 Å². The lowest BCUT2D eigenvalue weighted by Crippen LogP contribution is -2.54. The fraction of sp³-hybridized carbons (Fsp3) is 0.182. The molecule has 0 atom stereocenters. The molecule has 1 aliphatic rings. The quantitative estimate of drug-likeness (QED) is 0.150. The number of ether oxygens (including phenoxy) is 3. The van der Waals surface area contributed by atoms with Crippen LogP contribution in [0.15, 0.2) is 88.9 Å². The van der Waals surface area contributed by atoms with E-state index in [0.717, 1.165) is 27.7 Å². The molecule has 8 nitrogen and oxygen atoms in total. The van der Waals surface area contributed by atoms with Gasteiger partial charge in [-0.3, -0.25) is 14.9 Å². The summed E-state index contributed by atoms with van der Waals surface area (Å²) in [7, 11) is 0. The number of rotatable bonds is 10. The Morgan fingerprint density at radius 2 is 1.64 bits per heavy atom. The van der Waals surface area contributed by atoms with Crippen LogP contribution in [0.1, 0.15) is 31.4 Å². The third-order valence-electron chi connectivity index (χ3n) is 6.56. The molecule has 0 aliphatic carbocycles. The van der Waals surface area contributed by atoms with Crippen LogP contribution in [0.25, 0.3) is 16.8 Å². The van der Waals surface area contributed by atoms with E-state index in [1.807, 2.05) is 38.1 Å². The third kappa shape index (κ3) is 6.16. The number of barbiturate groups is 1. The topological polar surface area (TPSA) is 94.2 Å². The smallest absolute Gasteiger partial charge is 0.335 e. The predicted octanol–water partition coefficient (Wildman–Crippen LogP) is 7.04. The Morgan fingerprint density at radius 1 is 0.881 bits per heavy atom. The number of fused-ring (bicyclic) bond motifs is 1. The number of nitrogens with zero attached hydrogens (tertiary/aromatic N) is 1. The van der Waals surface area contributed by atoms with Crippen LogP contribution in [0.4, 0.5) is 10.5 Å². The average molecular weight is 630 g/mol. The highest BCUT2D eigenvalue weighted by Crippen LogP contribution is 2.39. The molecule has 1 saturated heterocycles. The van der Waals surface area contributed by atoms with Crippen LogP contribution in [-0.2, 0) is 16.2 Å². The third-order valence-corrected chi connectivity index (χ3v) is 7.15. The maximum atomic E-state index is 13.4. The molecule has 42 heavy (non-hydrogen) atoms. The van der Waals surface area contributed by atoms with Crippen LogP contribution >= 0.6 is 15.9 Å². The molecule has 4 amide bonds. The lowest BCUT2D eigenvalue weighted by Gasteiger charge is -2.26. The molecule has 0 spiro atoms. The number of amides is 4.